The lowest BCUT2D eigenvalue weighted by molar-refractivity contribution is 0.0841. The monoisotopic (exact) mass is 192 g/mol. The van der Waals surface area contributed by atoms with Crippen molar-refractivity contribution in [2.45, 2.75) is 12.1 Å². The number of nitrogens with two attached hydrogens (primary N) is 1. The van der Waals surface area contributed by atoms with Gasteiger partial charge in [0.2, 0.25) is 0 Å². The van der Waals surface area contributed by atoms with Crippen LogP contribution in [-0.4, -0.2) is 24.0 Å². The van der Waals surface area contributed by atoms with Crippen molar-refractivity contribution in [3.8, 4) is 0 Å². The first kappa shape index (κ1) is 9.18. The van der Waals surface area contributed by atoms with Gasteiger partial charge >= 0.3 is 0 Å². The normalized spacial score (nSPS) is 25.1. The van der Waals surface area contributed by atoms with E-state index in [1.807, 2.05) is 0 Å². The molecule has 4 N–H and O–H groups in total. The number of hydrogen-bond donors (Lipinski definition) is 3. The molecule has 1 aliphatic carbocycles. The minimum atomic E-state index is -0.786. The number of rotatable bonds is 1. The number of fused-ring (bicyclic) bond motifs is 1. The first-order valence-corrected chi connectivity index (χ1v) is 4.44. The van der Waals surface area contributed by atoms with Crippen LogP contribution >= 0.6 is 0 Å². The molecule has 0 bridgehead atoms. The predicted molar refractivity (Wildman–Crippen MR) is 53.0 cm³/mol. The molecule has 1 aromatic carbocycles. The molecule has 0 aliphatic heterocycles. The maximum absolute atomic E-state index is 11.7. The first-order valence-electron chi connectivity index (χ1n) is 4.44. The average molecular weight is 192 g/mol. The predicted octanol–water partition coefficient (Wildman–Crippen LogP) is 0.0865. The third kappa shape index (κ3) is 1.12. The molecule has 2 unspecified atom stereocenters. The second kappa shape index (κ2) is 3.08. The van der Waals surface area contributed by atoms with Crippen molar-refractivity contribution in [1.29, 1.82) is 0 Å². The van der Waals surface area contributed by atoms with Gasteiger partial charge in [-0.1, -0.05) is 0 Å². The summed E-state index contributed by atoms with van der Waals surface area (Å²) in [5, 5.41) is 12.6. The average Bonchev–Trinajstić information content (AvgIpc) is 2.39. The number of nitrogens with one attached hydrogen (secondary N) is 1. The van der Waals surface area contributed by atoms with Gasteiger partial charge in [0.1, 0.15) is 12.1 Å². The van der Waals surface area contributed by atoms with Crippen LogP contribution in [0.15, 0.2) is 18.2 Å². The molecule has 1 aromatic rings. The number of likely N-dealkylation sites (N-methyl/N-ethyl adjacent to an activating group) is 1. The van der Waals surface area contributed by atoms with Crippen LogP contribution in [0.5, 0.6) is 0 Å². The maximum atomic E-state index is 11.7. The molecule has 0 radical (unpaired) electrons. The fraction of sp³-hybridized carbons (Fsp3) is 0.300. The summed E-state index contributed by atoms with van der Waals surface area (Å²) < 4.78 is 0. The molecule has 1 aliphatic rings. The number of anilines is 1. The minimum Gasteiger partial charge on any atom is -0.399 e. The van der Waals surface area contributed by atoms with Crippen LogP contribution in [0.4, 0.5) is 5.69 Å². The summed E-state index contributed by atoms with van der Waals surface area (Å²) in [5.41, 5.74) is 7.33. The molecular formula is C10H12N2O2. The van der Waals surface area contributed by atoms with Crippen LogP contribution in [0.1, 0.15) is 22.0 Å². The van der Waals surface area contributed by atoms with Crippen LogP contribution in [0.3, 0.4) is 0 Å². The maximum Gasteiger partial charge on any atom is 0.183 e. The molecule has 2 rings (SSSR count). The standard InChI is InChI=1S/C10H12N2O2/c1-12-8-9(13)6-3-2-5(11)4-7(6)10(8)14/h2-4,8,10,12,14H,11H2,1H3. The summed E-state index contributed by atoms with van der Waals surface area (Å²) in [6, 6.07) is 4.44. The van der Waals surface area contributed by atoms with Gasteiger partial charge in [0, 0.05) is 11.3 Å². The zero-order chi connectivity index (χ0) is 10.3. The Kier molecular flexibility index (Phi) is 2.02. The van der Waals surface area contributed by atoms with Crippen molar-refractivity contribution < 1.29 is 9.90 Å². The number of ketones is 1. The Morgan fingerprint density at radius 2 is 2.21 bits per heavy atom. The van der Waals surface area contributed by atoms with Crippen molar-refractivity contribution in [1.82, 2.24) is 5.32 Å². The zero-order valence-electron chi connectivity index (χ0n) is 7.82. The Morgan fingerprint density at radius 1 is 1.50 bits per heavy atom. The van der Waals surface area contributed by atoms with E-state index in [2.05, 4.69) is 5.32 Å². The molecule has 0 saturated heterocycles. The van der Waals surface area contributed by atoms with Gasteiger partial charge in [-0.25, -0.2) is 0 Å². The highest BCUT2D eigenvalue weighted by Gasteiger charge is 2.37. The van der Waals surface area contributed by atoms with E-state index in [4.69, 9.17) is 5.73 Å². The van der Waals surface area contributed by atoms with Crippen LogP contribution in [-0.2, 0) is 0 Å². The number of Topliss-reactive ketones (excluding diaryl/α,β-unsaturated/α-hetero) is 1. The summed E-state index contributed by atoms with van der Waals surface area (Å²) in [4.78, 5) is 11.7. The molecule has 4 heteroatoms. The molecule has 4 nitrogen and oxygen atoms in total. The quantitative estimate of drug-likeness (QED) is 0.551. The molecule has 0 saturated carbocycles. The summed E-state index contributed by atoms with van der Waals surface area (Å²) in [5.74, 6) is -0.0741. The summed E-state index contributed by atoms with van der Waals surface area (Å²) in [6.07, 6.45) is -0.786. The fourth-order valence-electron chi connectivity index (χ4n) is 1.83. The number of benzene rings is 1. The van der Waals surface area contributed by atoms with Crippen LogP contribution < -0.4 is 11.1 Å². The summed E-state index contributed by atoms with van der Waals surface area (Å²) >= 11 is 0. The minimum absolute atomic E-state index is 0.0741. The molecule has 0 spiro atoms. The van der Waals surface area contributed by atoms with Crippen LogP contribution in [0, 0.1) is 0 Å². The fourth-order valence-corrected chi connectivity index (χ4v) is 1.83. The lowest BCUT2D eigenvalue weighted by Gasteiger charge is -2.11. The van der Waals surface area contributed by atoms with Crippen molar-refractivity contribution in [2.75, 3.05) is 12.8 Å². The molecule has 0 aromatic heterocycles. The van der Waals surface area contributed by atoms with Gasteiger partial charge in [0.05, 0.1) is 0 Å². The van der Waals surface area contributed by atoms with E-state index in [-0.39, 0.29) is 5.78 Å². The van der Waals surface area contributed by atoms with Crippen LogP contribution in [0.25, 0.3) is 0 Å². The number of hydrogen-bond acceptors (Lipinski definition) is 4. The Balaban J connectivity index is 2.52. The van der Waals surface area contributed by atoms with E-state index in [9.17, 15) is 9.90 Å². The Bertz CT molecular complexity index is 390. The highest BCUT2D eigenvalue weighted by Crippen LogP contribution is 2.32. The smallest absolute Gasteiger partial charge is 0.183 e. The van der Waals surface area contributed by atoms with E-state index in [1.54, 1.807) is 25.2 Å². The largest absolute Gasteiger partial charge is 0.399 e. The number of carbonyl (C=O) groups excluding carboxylic acids is 1. The van der Waals surface area contributed by atoms with Gasteiger partial charge in [0.15, 0.2) is 5.78 Å². The van der Waals surface area contributed by atoms with Gasteiger partial charge in [-0.05, 0) is 30.8 Å². The van der Waals surface area contributed by atoms with Crippen molar-refractivity contribution >= 4 is 11.5 Å². The van der Waals surface area contributed by atoms with Gasteiger partial charge in [-0.2, -0.15) is 0 Å². The molecule has 0 heterocycles. The topological polar surface area (TPSA) is 75.4 Å². The third-order valence-corrected chi connectivity index (χ3v) is 2.57. The zero-order valence-corrected chi connectivity index (χ0v) is 7.82. The second-order valence-corrected chi connectivity index (χ2v) is 3.42. The van der Waals surface area contributed by atoms with Gasteiger partial charge in [0.25, 0.3) is 0 Å². The molecule has 0 fully saturated rings. The lowest BCUT2D eigenvalue weighted by atomic mass is 10.1. The Morgan fingerprint density at radius 3 is 2.86 bits per heavy atom. The highest BCUT2D eigenvalue weighted by molar-refractivity contribution is 6.05. The lowest BCUT2D eigenvalue weighted by Crippen LogP contribution is -2.34. The molecule has 14 heavy (non-hydrogen) atoms. The SMILES string of the molecule is CNC1C(=O)c2ccc(N)cc2C1O. The van der Waals surface area contributed by atoms with Crippen molar-refractivity contribution in [3.05, 3.63) is 29.3 Å². The first-order chi connectivity index (χ1) is 6.65. The third-order valence-electron chi connectivity index (χ3n) is 2.57. The van der Waals surface area contributed by atoms with E-state index in [0.717, 1.165) is 0 Å². The van der Waals surface area contributed by atoms with Gasteiger partial charge in [-0.15, -0.1) is 0 Å². The Hall–Kier alpha value is -1.39. The number of nitrogen functional groups attached to an aromatic ring is 1. The van der Waals surface area contributed by atoms with Crippen molar-refractivity contribution in [3.63, 3.8) is 0 Å². The Labute approximate surface area is 81.7 Å². The van der Waals surface area contributed by atoms with E-state index >= 15 is 0 Å². The van der Waals surface area contributed by atoms with Crippen LogP contribution in [0.2, 0.25) is 0 Å². The molecule has 74 valence electrons. The molecular weight excluding hydrogens is 180 g/mol. The summed E-state index contributed by atoms with van der Waals surface area (Å²) in [6.45, 7) is 0. The van der Waals surface area contributed by atoms with Gasteiger partial charge < -0.3 is 16.2 Å². The van der Waals surface area contributed by atoms with Crippen molar-refractivity contribution in [2.24, 2.45) is 0 Å². The van der Waals surface area contributed by atoms with E-state index in [0.29, 0.717) is 16.8 Å². The van der Waals surface area contributed by atoms with Gasteiger partial charge in [-0.3, -0.25) is 4.79 Å². The molecule has 2 atom stereocenters. The number of carbonyl (C=O) groups is 1. The summed E-state index contributed by atoms with van der Waals surface area (Å²) in [7, 11) is 1.65. The molecule has 0 amide bonds. The number of aliphatic hydroxyl groups excluding tert-OH is 1. The second-order valence-electron chi connectivity index (χ2n) is 3.42. The highest BCUT2D eigenvalue weighted by atomic mass is 16.3. The van der Waals surface area contributed by atoms with E-state index in [1.165, 1.54) is 0 Å². The van der Waals surface area contributed by atoms with E-state index < -0.39 is 12.1 Å². The number of aliphatic hydroxyl groups is 1.